The highest BCUT2D eigenvalue weighted by Crippen LogP contribution is 2.27. The van der Waals surface area contributed by atoms with Crippen LogP contribution in [0.2, 0.25) is 0 Å². The highest BCUT2D eigenvalue weighted by atomic mass is 16.5. The summed E-state index contributed by atoms with van der Waals surface area (Å²) in [4.78, 5) is 27.2. The summed E-state index contributed by atoms with van der Waals surface area (Å²) >= 11 is 0. The van der Waals surface area contributed by atoms with Crippen molar-refractivity contribution in [3.05, 3.63) is 121 Å². The maximum absolute atomic E-state index is 13.4. The largest absolute Gasteiger partial charge is 0.495 e. The van der Waals surface area contributed by atoms with Crippen LogP contribution in [-0.4, -0.2) is 32.1 Å². The fourth-order valence-electron chi connectivity index (χ4n) is 3.84. The van der Waals surface area contributed by atoms with Gasteiger partial charge in [-0.3, -0.25) is 9.69 Å². The molecule has 0 radical (unpaired) electrons. The van der Waals surface area contributed by atoms with Gasteiger partial charge in [0, 0.05) is 24.9 Å². The Morgan fingerprint density at radius 3 is 2.15 bits per heavy atom. The van der Waals surface area contributed by atoms with Crippen LogP contribution in [0.1, 0.15) is 12.0 Å². The minimum Gasteiger partial charge on any atom is -0.495 e. The number of carbonyl (C=O) groups excluding carboxylic acids is 2. The van der Waals surface area contributed by atoms with Gasteiger partial charge in [0.1, 0.15) is 17.2 Å². The summed E-state index contributed by atoms with van der Waals surface area (Å²) in [5, 5.41) is 5.81. The minimum absolute atomic E-state index is 0.189. The summed E-state index contributed by atoms with van der Waals surface area (Å²) in [6, 6.07) is 33.4. The van der Waals surface area contributed by atoms with E-state index in [2.05, 4.69) is 10.6 Å². The highest BCUT2D eigenvalue weighted by Gasteiger charge is 2.17. The standard InChI is InChI=1S/C32H31N3O4/c1-38-30-16-9-8-15-29(30)34-32(37)35(24-10-23-33-31(36)22-17-25-11-4-2-5-12-25)26-18-20-28(21-19-26)39-27-13-6-3-7-14-27/h2-9,11-22H,10,23-24H2,1H3,(H,33,36)(H,34,37)/b22-17+. The zero-order valence-corrected chi connectivity index (χ0v) is 21.7. The van der Waals surface area contributed by atoms with E-state index in [0.29, 0.717) is 42.4 Å². The van der Waals surface area contributed by atoms with Crippen molar-refractivity contribution in [3.63, 3.8) is 0 Å². The number of hydrogen-bond donors (Lipinski definition) is 2. The first-order valence-electron chi connectivity index (χ1n) is 12.7. The van der Waals surface area contributed by atoms with Gasteiger partial charge in [0.05, 0.1) is 12.8 Å². The summed E-state index contributed by atoms with van der Waals surface area (Å²) in [5.74, 6) is 1.77. The monoisotopic (exact) mass is 521 g/mol. The number of hydrogen-bond acceptors (Lipinski definition) is 4. The van der Waals surface area contributed by atoms with Crippen LogP contribution in [0.25, 0.3) is 6.08 Å². The van der Waals surface area contributed by atoms with E-state index in [0.717, 1.165) is 11.3 Å². The van der Waals surface area contributed by atoms with E-state index >= 15 is 0 Å². The highest BCUT2D eigenvalue weighted by molar-refractivity contribution is 6.02. The van der Waals surface area contributed by atoms with Crippen LogP contribution in [0.5, 0.6) is 17.2 Å². The molecule has 4 aromatic carbocycles. The number of urea groups is 1. The van der Waals surface area contributed by atoms with Crippen LogP contribution in [0.3, 0.4) is 0 Å². The minimum atomic E-state index is -0.313. The molecule has 7 nitrogen and oxygen atoms in total. The number of benzene rings is 4. The van der Waals surface area contributed by atoms with Crippen LogP contribution in [0.15, 0.2) is 115 Å². The summed E-state index contributed by atoms with van der Waals surface area (Å²) in [6.07, 6.45) is 3.82. The average molecular weight is 522 g/mol. The third kappa shape index (κ3) is 8.23. The molecule has 39 heavy (non-hydrogen) atoms. The number of anilines is 2. The Morgan fingerprint density at radius 1 is 0.795 bits per heavy atom. The first kappa shape index (κ1) is 27.0. The third-order valence-corrected chi connectivity index (χ3v) is 5.81. The van der Waals surface area contributed by atoms with E-state index in [4.69, 9.17) is 9.47 Å². The summed E-state index contributed by atoms with van der Waals surface area (Å²) < 4.78 is 11.3. The van der Waals surface area contributed by atoms with Crippen molar-refractivity contribution in [2.24, 2.45) is 0 Å². The van der Waals surface area contributed by atoms with Crippen molar-refractivity contribution in [1.29, 1.82) is 0 Å². The molecule has 4 aromatic rings. The Balaban J connectivity index is 1.41. The molecule has 0 unspecified atom stereocenters. The first-order valence-corrected chi connectivity index (χ1v) is 12.7. The summed E-state index contributed by atoms with van der Waals surface area (Å²) in [7, 11) is 1.56. The SMILES string of the molecule is COc1ccccc1NC(=O)N(CCCNC(=O)/C=C/c1ccccc1)c1ccc(Oc2ccccc2)cc1. The third-order valence-electron chi connectivity index (χ3n) is 5.81. The molecule has 0 aliphatic carbocycles. The van der Waals surface area contributed by atoms with Gasteiger partial charge in [-0.15, -0.1) is 0 Å². The number of rotatable bonds is 11. The van der Waals surface area contributed by atoms with Crippen LogP contribution >= 0.6 is 0 Å². The molecule has 0 saturated carbocycles. The lowest BCUT2D eigenvalue weighted by molar-refractivity contribution is -0.116. The zero-order chi connectivity index (χ0) is 27.3. The second-order valence-corrected chi connectivity index (χ2v) is 8.58. The van der Waals surface area contributed by atoms with E-state index in [-0.39, 0.29) is 11.9 Å². The molecule has 0 spiro atoms. The molecule has 0 atom stereocenters. The first-order chi connectivity index (χ1) is 19.1. The maximum Gasteiger partial charge on any atom is 0.326 e. The number of amides is 3. The summed E-state index contributed by atoms with van der Waals surface area (Å²) in [6.45, 7) is 0.786. The zero-order valence-electron chi connectivity index (χ0n) is 21.7. The molecule has 0 aliphatic rings. The van der Waals surface area contributed by atoms with E-state index in [1.54, 1.807) is 30.2 Å². The second-order valence-electron chi connectivity index (χ2n) is 8.58. The average Bonchev–Trinajstić information content (AvgIpc) is 2.98. The summed E-state index contributed by atoms with van der Waals surface area (Å²) in [5.41, 5.74) is 2.21. The van der Waals surface area contributed by atoms with Crippen LogP contribution in [-0.2, 0) is 4.79 Å². The van der Waals surface area contributed by atoms with E-state index in [1.165, 1.54) is 6.08 Å². The molecule has 2 N–H and O–H groups in total. The Labute approximate surface area is 228 Å². The molecule has 0 fully saturated rings. The van der Waals surface area contributed by atoms with Crippen molar-refractivity contribution < 1.29 is 19.1 Å². The van der Waals surface area contributed by atoms with E-state index < -0.39 is 0 Å². The molecule has 4 rings (SSSR count). The molecular weight excluding hydrogens is 490 g/mol. The molecule has 198 valence electrons. The lowest BCUT2D eigenvalue weighted by atomic mass is 10.2. The van der Waals surface area contributed by atoms with Crippen LogP contribution in [0.4, 0.5) is 16.2 Å². The number of methoxy groups -OCH3 is 1. The smallest absolute Gasteiger partial charge is 0.326 e. The van der Waals surface area contributed by atoms with Crippen molar-refractivity contribution in [2.75, 3.05) is 30.4 Å². The van der Waals surface area contributed by atoms with Gasteiger partial charge < -0.3 is 20.1 Å². The number of nitrogens with one attached hydrogen (secondary N) is 2. The Morgan fingerprint density at radius 2 is 1.44 bits per heavy atom. The molecule has 0 heterocycles. The Kier molecular flexibility index (Phi) is 9.73. The molecule has 0 saturated heterocycles. The topological polar surface area (TPSA) is 79.9 Å². The molecule has 7 heteroatoms. The molecule has 3 amide bonds. The van der Waals surface area contributed by atoms with Gasteiger partial charge in [0.2, 0.25) is 5.91 Å². The van der Waals surface area contributed by atoms with Gasteiger partial charge in [0.25, 0.3) is 0 Å². The maximum atomic E-state index is 13.4. The lowest BCUT2D eigenvalue weighted by Crippen LogP contribution is -2.37. The molecule has 0 bridgehead atoms. The van der Waals surface area contributed by atoms with Gasteiger partial charge >= 0.3 is 6.03 Å². The fraction of sp³-hybridized carbons (Fsp3) is 0.125. The van der Waals surface area contributed by atoms with Crippen molar-refractivity contribution in [3.8, 4) is 17.2 Å². The number of para-hydroxylation sites is 3. The van der Waals surface area contributed by atoms with Crippen molar-refractivity contribution in [1.82, 2.24) is 5.32 Å². The predicted octanol–water partition coefficient (Wildman–Crippen LogP) is 6.75. The fourth-order valence-corrected chi connectivity index (χ4v) is 3.84. The van der Waals surface area contributed by atoms with Gasteiger partial charge in [-0.1, -0.05) is 60.7 Å². The van der Waals surface area contributed by atoms with Gasteiger partial charge in [-0.2, -0.15) is 0 Å². The molecular formula is C32H31N3O4. The quantitative estimate of drug-likeness (QED) is 0.169. The van der Waals surface area contributed by atoms with Gasteiger partial charge in [-0.25, -0.2) is 4.79 Å². The number of ether oxygens (including phenoxy) is 2. The molecule has 0 aliphatic heterocycles. The van der Waals surface area contributed by atoms with E-state index in [1.807, 2.05) is 97.1 Å². The van der Waals surface area contributed by atoms with Crippen LogP contribution < -0.4 is 25.0 Å². The van der Waals surface area contributed by atoms with Crippen LogP contribution in [0, 0.1) is 0 Å². The van der Waals surface area contributed by atoms with Gasteiger partial charge in [0.15, 0.2) is 0 Å². The van der Waals surface area contributed by atoms with E-state index in [9.17, 15) is 9.59 Å². The number of carbonyl (C=O) groups is 2. The normalized spacial score (nSPS) is 10.6. The van der Waals surface area contributed by atoms with Gasteiger partial charge in [-0.05, 0) is 66.6 Å². The number of nitrogens with zero attached hydrogens (tertiary/aromatic N) is 1. The van der Waals surface area contributed by atoms with Crippen molar-refractivity contribution in [2.45, 2.75) is 6.42 Å². The lowest BCUT2D eigenvalue weighted by Gasteiger charge is -2.24. The molecule has 0 aromatic heterocycles. The second kappa shape index (κ2) is 14.0. The Hall–Kier alpha value is -5.04. The predicted molar refractivity (Wildman–Crippen MR) is 155 cm³/mol. The van der Waals surface area contributed by atoms with Crippen molar-refractivity contribution >= 4 is 29.4 Å². The Bertz CT molecular complexity index is 1370.